The first kappa shape index (κ1) is 20.5. The molecule has 0 unspecified atom stereocenters. The van der Waals surface area contributed by atoms with Crippen LogP contribution < -0.4 is 5.32 Å². The summed E-state index contributed by atoms with van der Waals surface area (Å²) in [6.45, 7) is 3.90. The van der Waals surface area contributed by atoms with E-state index < -0.39 is 29.1 Å². The zero-order valence-electron chi connectivity index (χ0n) is 14.6. The molecule has 4 nitrogen and oxygen atoms in total. The predicted molar refractivity (Wildman–Crippen MR) is 101 cm³/mol. The van der Waals surface area contributed by atoms with Crippen molar-refractivity contribution in [3.8, 4) is 0 Å². The Bertz CT molecular complexity index is 790. The molecule has 8 heteroatoms. The lowest BCUT2D eigenvalue weighted by Gasteiger charge is -2.27. The number of carbonyl (C=O) groups excluding carboxylic acids is 2. The topological polar surface area (TPSA) is 49.4 Å². The van der Waals surface area contributed by atoms with Gasteiger partial charge in [-0.05, 0) is 46.1 Å². The summed E-state index contributed by atoms with van der Waals surface area (Å²) >= 11 is 4.87. The van der Waals surface area contributed by atoms with Crippen molar-refractivity contribution in [2.75, 3.05) is 7.05 Å². The summed E-state index contributed by atoms with van der Waals surface area (Å²) in [5.41, 5.74) is -0.684. The highest BCUT2D eigenvalue weighted by molar-refractivity contribution is 9.11. The molecule has 1 aromatic carbocycles. The minimum Gasteiger partial charge on any atom is -0.340 e. The Kier molecular flexibility index (Phi) is 6.88. The molecule has 0 aliphatic carbocycles. The molecule has 0 radical (unpaired) electrons. The Morgan fingerprint density at radius 1 is 1.19 bits per heavy atom. The number of hydrogen-bond acceptors (Lipinski definition) is 3. The molecule has 1 heterocycles. The van der Waals surface area contributed by atoms with E-state index in [4.69, 9.17) is 0 Å². The van der Waals surface area contributed by atoms with Crippen molar-refractivity contribution >= 4 is 39.1 Å². The van der Waals surface area contributed by atoms with Crippen molar-refractivity contribution in [3.05, 3.63) is 56.2 Å². The zero-order chi connectivity index (χ0) is 19.4. The molecule has 26 heavy (non-hydrogen) atoms. The SMILES string of the molecule is CC(C)[C@H](NC(=O)c1c(F)cccc1F)C(=O)N(C)Cc1ccc(Br)s1. The van der Waals surface area contributed by atoms with Gasteiger partial charge in [0.15, 0.2) is 0 Å². The van der Waals surface area contributed by atoms with Crippen LogP contribution in [0.5, 0.6) is 0 Å². The summed E-state index contributed by atoms with van der Waals surface area (Å²) in [6.07, 6.45) is 0. The van der Waals surface area contributed by atoms with Gasteiger partial charge in [-0.1, -0.05) is 19.9 Å². The number of likely N-dealkylation sites (N-methyl/N-ethyl adjacent to an activating group) is 1. The summed E-state index contributed by atoms with van der Waals surface area (Å²) in [7, 11) is 1.63. The van der Waals surface area contributed by atoms with E-state index >= 15 is 0 Å². The molecule has 1 N–H and O–H groups in total. The lowest BCUT2D eigenvalue weighted by Crippen LogP contribution is -2.50. The summed E-state index contributed by atoms with van der Waals surface area (Å²) in [4.78, 5) is 27.5. The van der Waals surface area contributed by atoms with Crippen LogP contribution in [0.15, 0.2) is 34.1 Å². The number of amides is 2. The Hall–Kier alpha value is -1.80. The number of carbonyl (C=O) groups is 2. The number of benzene rings is 1. The van der Waals surface area contributed by atoms with Crippen molar-refractivity contribution in [2.24, 2.45) is 5.92 Å². The van der Waals surface area contributed by atoms with Crippen molar-refractivity contribution in [1.29, 1.82) is 0 Å². The van der Waals surface area contributed by atoms with Gasteiger partial charge in [-0.25, -0.2) is 8.78 Å². The van der Waals surface area contributed by atoms with Crippen LogP contribution in [-0.4, -0.2) is 29.8 Å². The smallest absolute Gasteiger partial charge is 0.257 e. The quantitative estimate of drug-likeness (QED) is 0.725. The standard InChI is InChI=1S/C18H19BrF2N2O2S/c1-10(2)16(18(25)23(3)9-11-7-8-14(19)26-11)22-17(24)15-12(20)5-4-6-13(15)21/h4-8,10,16H,9H2,1-3H3,(H,22,24)/t16-/m0/s1. The number of rotatable bonds is 6. The lowest BCUT2D eigenvalue weighted by molar-refractivity contribution is -0.133. The minimum atomic E-state index is -0.964. The van der Waals surface area contributed by atoms with E-state index in [0.29, 0.717) is 6.54 Å². The van der Waals surface area contributed by atoms with Crippen LogP contribution in [-0.2, 0) is 11.3 Å². The largest absolute Gasteiger partial charge is 0.340 e. The van der Waals surface area contributed by atoms with Gasteiger partial charge >= 0.3 is 0 Å². The molecule has 140 valence electrons. The number of nitrogens with one attached hydrogen (secondary N) is 1. The third kappa shape index (κ3) is 4.88. The first-order chi connectivity index (χ1) is 12.2. The number of hydrogen-bond donors (Lipinski definition) is 1. The molecule has 0 aliphatic heterocycles. The molecule has 0 fully saturated rings. The van der Waals surface area contributed by atoms with Crippen molar-refractivity contribution in [2.45, 2.75) is 26.4 Å². The molecule has 0 saturated carbocycles. The van der Waals surface area contributed by atoms with Gasteiger partial charge in [-0.15, -0.1) is 11.3 Å². The molecule has 0 aliphatic rings. The van der Waals surface area contributed by atoms with Crippen LogP contribution in [0.2, 0.25) is 0 Å². The summed E-state index contributed by atoms with van der Waals surface area (Å²) in [5.74, 6) is -3.45. The van der Waals surface area contributed by atoms with E-state index in [2.05, 4.69) is 21.2 Å². The number of nitrogens with zero attached hydrogens (tertiary/aromatic N) is 1. The third-order valence-corrected chi connectivity index (χ3v) is 5.42. The maximum atomic E-state index is 13.8. The molecule has 2 rings (SSSR count). The second kappa shape index (κ2) is 8.73. The van der Waals surface area contributed by atoms with Gasteiger partial charge < -0.3 is 10.2 Å². The predicted octanol–water partition coefficient (Wildman–Crippen LogP) is 4.20. The van der Waals surface area contributed by atoms with E-state index in [9.17, 15) is 18.4 Å². The molecule has 0 bridgehead atoms. The average Bonchev–Trinajstić information content (AvgIpc) is 2.96. The van der Waals surface area contributed by atoms with Gasteiger partial charge in [0, 0.05) is 11.9 Å². The van der Waals surface area contributed by atoms with Crippen LogP contribution in [0.1, 0.15) is 29.1 Å². The van der Waals surface area contributed by atoms with Gasteiger partial charge in [-0.3, -0.25) is 9.59 Å². The Morgan fingerprint density at radius 2 is 1.81 bits per heavy atom. The Balaban J connectivity index is 2.14. The van der Waals surface area contributed by atoms with E-state index in [0.717, 1.165) is 20.8 Å². The van der Waals surface area contributed by atoms with Crippen LogP contribution in [0.4, 0.5) is 8.78 Å². The van der Waals surface area contributed by atoms with Crippen LogP contribution in [0.3, 0.4) is 0 Å². The highest BCUT2D eigenvalue weighted by Gasteiger charge is 2.29. The van der Waals surface area contributed by atoms with Gasteiger partial charge in [-0.2, -0.15) is 0 Å². The minimum absolute atomic E-state index is 0.251. The van der Waals surface area contributed by atoms with E-state index in [1.807, 2.05) is 12.1 Å². The first-order valence-electron chi connectivity index (χ1n) is 7.94. The fourth-order valence-electron chi connectivity index (χ4n) is 2.43. The van der Waals surface area contributed by atoms with E-state index in [1.54, 1.807) is 20.9 Å². The fraction of sp³-hybridized carbons (Fsp3) is 0.333. The van der Waals surface area contributed by atoms with Gasteiger partial charge in [0.25, 0.3) is 5.91 Å². The second-order valence-electron chi connectivity index (χ2n) is 6.19. The van der Waals surface area contributed by atoms with Gasteiger partial charge in [0.2, 0.25) is 5.91 Å². The zero-order valence-corrected chi connectivity index (χ0v) is 17.0. The second-order valence-corrected chi connectivity index (χ2v) is 8.74. The van der Waals surface area contributed by atoms with Gasteiger partial charge in [0.1, 0.15) is 23.2 Å². The van der Waals surface area contributed by atoms with Crippen LogP contribution >= 0.6 is 27.3 Å². The first-order valence-corrected chi connectivity index (χ1v) is 9.55. The van der Waals surface area contributed by atoms with Crippen molar-refractivity contribution in [3.63, 3.8) is 0 Å². The van der Waals surface area contributed by atoms with Crippen molar-refractivity contribution < 1.29 is 18.4 Å². The van der Waals surface area contributed by atoms with Crippen molar-refractivity contribution in [1.82, 2.24) is 10.2 Å². The molecule has 0 saturated heterocycles. The fourth-order valence-corrected chi connectivity index (χ4v) is 3.96. The molecule has 1 atom stereocenters. The third-order valence-electron chi connectivity index (χ3n) is 3.81. The van der Waals surface area contributed by atoms with E-state index in [-0.39, 0.29) is 11.8 Å². The number of halogens is 3. The van der Waals surface area contributed by atoms with Crippen LogP contribution in [0, 0.1) is 17.6 Å². The number of thiophene rings is 1. The maximum Gasteiger partial charge on any atom is 0.257 e. The van der Waals surface area contributed by atoms with Crippen LogP contribution in [0.25, 0.3) is 0 Å². The maximum absolute atomic E-state index is 13.8. The molecule has 2 amide bonds. The molecular weight excluding hydrogens is 426 g/mol. The summed E-state index contributed by atoms with van der Waals surface area (Å²) < 4.78 is 28.6. The average molecular weight is 445 g/mol. The highest BCUT2D eigenvalue weighted by atomic mass is 79.9. The lowest BCUT2D eigenvalue weighted by atomic mass is 10.0. The summed E-state index contributed by atoms with van der Waals surface area (Å²) in [5, 5.41) is 2.47. The molecule has 0 spiro atoms. The van der Waals surface area contributed by atoms with Gasteiger partial charge in [0.05, 0.1) is 10.3 Å². The highest BCUT2D eigenvalue weighted by Crippen LogP contribution is 2.23. The van der Waals surface area contributed by atoms with E-state index in [1.165, 1.54) is 22.3 Å². The normalized spacial score (nSPS) is 12.1. The molecule has 1 aromatic heterocycles. The Morgan fingerprint density at radius 3 is 2.31 bits per heavy atom. The molecular formula is C18H19BrF2N2O2S. The Labute approximate surface area is 163 Å². The summed E-state index contributed by atoms with van der Waals surface area (Å²) in [6, 6.07) is 6.09. The monoisotopic (exact) mass is 444 g/mol. The molecule has 2 aromatic rings.